The van der Waals surface area contributed by atoms with Crippen LogP contribution in [-0.2, 0) is 4.74 Å². The van der Waals surface area contributed by atoms with Crippen molar-refractivity contribution in [3.63, 3.8) is 0 Å². The van der Waals surface area contributed by atoms with Crippen molar-refractivity contribution >= 4 is 11.9 Å². The number of hydrogen-bond acceptors (Lipinski definition) is 2. The van der Waals surface area contributed by atoms with E-state index < -0.39 is 0 Å². The van der Waals surface area contributed by atoms with Gasteiger partial charge in [-0.05, 0) is 0 Å². The number of nitrogens with two attached hydrogens (primary N) is 1. The van der Waals surface area contributed by atoms with Crippen LogP contribution in [0.3, 0.4) is 0 Å². The highest BCUT2D eigenvalue weighted by atomic mass is 16.5. The summed E-state index contributed by atoms with van der Waals surface area (Å²) < 4.78 is 5.03. The topological polar surface area (TPSA) is 71.5 Å². The molecular formula is C6H9N3O. The van der Waals surface area contributed by atoms with Crippen LogP contribution in [-0.4, -0.2) is 18.5 Å². The van der Waals surface area contributed by atoms with E-state index in [9.17, 15) is 0 Å². The van der Waals surface area contributed by atoms with Gasteiger partial charge in [-0.2, -0.15) is 4.99 Å². The Morgan fingerprint density at radius 2 is 2.50 bits per heavy atom. The molecule has 54 valence electrons. The molecule has 0 saturated heterocycles. The molecule has 1 heterocycles. The summed E-state index contributed by atoms with van der Waals surface area (Å²) in [4.78, 5) is 3.64. The van der Waals surface area contributed by atoms with Gasteiger partial charge in [0.15, 0.2) is 5.90 Å². The Bertz CT molecular complexity index is 195. The Labute approximate surface area is 58.9 Å². The second-order valence-electron chi connectivity index (χ2n) is 1.88. The molecule has 1 aliphatic heterocycles. The number of nitrogens with one attached hydrogen (secondary N) is 1. The normalized spacial score (nSPS) is 20.6. The van der Waals surface area contributed by atoms with Gasteiger partial charge in [-0.1, -0.05) is 12.2 Å². The van der Waals surface area contributed by atoms with Gasteiger partial charge < -0.3 is 10.5 Å². The largest absolute Gasteiger partial charge is 0.476 e. The molecule has 4 heteroatoms. The summed E-state index contributed by atoms with van der Waals surface area (Å²) in [6.07, 6.45) is 4.48. The van der Waals surface area contributed by atoms with E-state index in [-0.39, 0.29) is 5.96 Å². The molecule has 0 amide bonds. The van der Waals surface area contributed by atoms with Crippen LogP contribution in [0.2, 0.25) is 0 Å². The van der Waals surface area contributed by atoms with Gasteiger partial charge in [0.1, 0.15) is 6.61 Å². The first-order valence-electron chi connectivity index (χ1n) is 2.98. The number of guanidine groups is 1. The SMILES string of the molecule is N=C(N)N=C1CC=CCO1. The Hall–Kier alpha value is -1.32. The molecule has 10 heavy (non-hydrogen) atoms. The molecule has 0 saturated carbocycles. The average molecular weight is 139 g/mol. The van der Waals surface area contributed by atoms with E-state index >= 15 is 0 Å². The molecule has 3 N–H and O–H groups in total. The fraction of sp³-hybridized carbons (Fsp3) is 0.333. The van der Waals surface area contributed by atoms with Crippen LogP contribution >= 0.6 is 0 Å². The summed E-state index contributed by atoms with van der Waals surface area (Å²) in [6.45, 7) is 0.534. The first kappa shape index (κ1) is 6.80. The molecule has 0 spiro atoms. The number of rotatable bonds is 0. The minimum atomic E-state index is -0.203. The molecule has 0 unspecified atom stereocenters. The molecular weight excluding hydrogens is 130 g/mol. The number of ether oxygens (including phenoxy) is 1. The van der Waals surface area contributed by atoms with Crippen molar-refractivity contribution in [2.45, 2.75) is 6.42 Å². The molecule has 0 aromatic heterocycles. The molecule has 0 radical (unpaired) electrons. The zero-order valence-corrected chi connectivity index (χ0v) is 5.50. The first-order chi connectivity index (χ1) is 4.79. The monoisotopic (exact) mass is 139 g/mol. The van der Waals surface area contributed by atoms with Crippen LogP contribution in [0, 0.1) is 5.41 Å². The summed E-state index contributed by atoms with van der Waals surface area (Å²) >= 11 is 0. The predicted octanol–water partition coefficient (Wildman–Crippen LogP) is 0.255. The van der Waals surface area contributed by atoms with Crippen LogP contribution in [0.4, 0.5) is 0 Å². The summed E-state index contributed by atoms with van der Waals surface area (Å²) in [6, 6.07) is 0. The second kappa shape index (κ2) is 3.00. The zero-order valence-electron chi connectivity index (χ0n) is 5.50. The van der Waals surface area contributed by atoms with Crippen LogP contribution in [0.15, 0.2) is 17.1 Å². The number of nitrogens with zero attached hydrogens (tertiary/aromatic N) is 1. The van der Waals surface area contributed by atoms with E-state index in [1.807, 2.05) is 12.2 Å². The van der Waals surface area contributed by atoms with E-state index in [0.717, 1.165) is 0 Å². The highest BCUT2D eigenvalue weighted by Crippen LogP contribution is 1.98. The maximum absolute atomic E-state index is 6.82. The van der Waals surface area contributed by atoms with Gasteiger partial charge in [0.2, 0.25) is 5.96 Å². The lowest BCUT2D eigenvalue weighted by atomic mass is 10.3. The van der Waals surface area contributed by atoms with Gasteiger partial charge in [0.25, 0.3) is 0 Å². The van der Waals surface area contributed by atoms with Gasteiger partial charge in [-0.25, -0.2) is 0 Å². The predicted molar refractivity (Wildman–Crippen MR) is 39.1 cm³/mol. The summed E-state index contributed by atoms with van der Waals surface area (Å²) in [5.41, 5.74) is 5.01. The fourth-order valence-corrected chi connectivity index (χ4v) is 0.668. The Balaban J connectivity index is 2.56. The molecule has 0 aromatic carbocycles. The third kappa shape index (κ3) is 1.89. The van der Waals surface area contributed by atoms with Gasteiger partial charge in [-0.15, -0.1) is 0 Å². The highest BCUT2D eigenvalue weighted by Gasteiger charge is 2.01. The van der Waals surface area contributed by atoms with E-state index in [2.05, 4.69) is 4.99 Å². The summed E-state index contributed by atoms with van der Waals surface area (Å²) in [7, 11) is 0. The minimum Gasteiger partial charge on any atom is -0.476 e. The van der Waals surface area contributed by atoms with Crippen molar-refractivity contribution in [1.29, 1.82) is 5.41 Å². The first-order valence-corrected chi connectivity index (χ1v) is 2.98. The minimum absolute atomic E-state index is 0.203. The van der Waals surface area contributed by atoms with Crippen molar-refractivity contribution in [1.82, 2.24) is 0 Å². The lowest BCUT2D eigenvalue weighted by Gasteiger charge is -2.08. The second-order valence-corrected chi connectivity index (χ2v) is 1.88. The lowest BCUT2D eigenvalue weighted by molar-refractivity contribution is 0.336. The molecule has 1 rings (SSSR count). The maximum atomic E-state index is 6.82. The van der Waals surface area contributed by atoms with Crippen molar-refractivity contribution in [2.75, 3.05) is 6.61 Å². The maximum Gasteiger partial charge on any atom is 0.215 e. The Morgan fingerprint density at radius 1 is 1.70 bits per heavy atom. The van der Waals surface area contributed by atoms with E-state index in [1.165, 1.54) is 0 Å². The highest BCUT2D eigenvalue weighted by molar-refractivity contribution is 5.91. The molecule has 0 aliphatic carbocycles. The van der Waals surface area contributed by atoms with E-state index in [1.54, 1.807) is 0 Å². The third-order valence-electron chi connectivity index (χ3n) is 1.05. The molecule has 0 aromatic rings. The molecule has 0 atom stereocenters. The van der Waals surface area contributed by atoms with E-state index in [4.69, 9.17) is 15.9 Å². The van der Waals surface area contributed by atoms with Crippen LogP contribution in [0.5, 0.6) is 0 Å². The fourth-order valence-electron chi connectivity index (χ4n) is 0.668. The smallest absolute Gasteiger partial charge is 0.215 e. The van der Waals surface area contributed by atoms with Gasteiger partial charge in [0.05, 0.1) is 0 Å². The molecule has 1 aliphatic rings. The molecule has 0 bridgehead atoms. The van der Waals surface area contributed by atoms with Crippen molar-refractivity contribution < 1.29 is 4.74 Å². The van der Waals surface area contributed by atoms with Crippen molar-refractivity contribution in [2.24, 2.45) is 10.7 Å². The average Bonchev–Trinajstić information content (AvgIpc) is 1.88. The van der Waals surface area contributed by atoms with Crippen LogP contribution < -0.4 is 5.73 Å². The quantitative estimate of drug-likeness (QED) is 0.287. The number of aliphatic imine (C=N–C) groups is 1. The van der Waals surface area contributed by atoms with Crippen LogP contribution in [0.25, 0.3) is 0 Å². The standard InChI is InChI=1S/C6H9N3O/c7-6(8)9-5-3-1-2-4-10-5/h1-2H,3-4H2,(H3,7,8). The molecule has 4 nitrogen and oxygen atoms in total. The summed E-state index contributed by atoms with van der Waals surface area (Å²) in [5, 5.41) is 6.82. The Kier molecular flexibility index (Phi) is 2.04. The van der Waals surface area contributed by atoms with Crippen molar-refractivity contribution in [3.8, 4) is 0 Å². The van der Waals surface area contributed by atoms with Crippen molar-refractivity contribution in [3.05, 3.63) is 12.2 Å². The lowest BCUT2D eigenvalue weighted by Crippen LogP contribution is -2.14. The third-order valence-corrected chi connectivity index (χ3v) is 1.05. The van der Waals surface area contributed by atoms with E-state index in [0.29, 0.717) is 18.9 Å². The van der Waals surface area contributed by atoms with Gasteiger partial charge >= 0.3 is 0 Å². The molecule has 0 fully saturated rings. The number of hydrogen-bond donors (Lipinski definition) is 2. The van der Waals surface area contributed by atoms with Gasteiger partial charge in [-0.3, -0.25) is 5.41 Å². The zero-order chi connectivity index (χ0) is 7.40. The van der Waals surface area contributed by atoms with Crippen LogP contribution in [0.1, 0.15) is 6.42 Å². The Morgan fingerprint density at radius 3 is 3.00 bits per heavy atom. The summed E-state index contributed by atoms with van der Waals surface area (Å²) in [5.74, 6) is 0.320. The van der Waals surface area contributed by atoms with Gasteiger partial charge in [0, 0.05) is 6.42 Å².